The number of nitrogens with one attached hydrogen (secondary N) is 2. The van der Waals surface area contributed by atoms with E-state index in [0.29, 0.717) is 17.9 Å². The van der Waals surface area contributed by atoms with Crippen molar-refractivity contribution in [3.8, 4) is 0 Å². The molecule has 6 nitrogen and oxygen atoms in total. The summed E-state index contributed by atoms with van der Waals surface area (Å²) in [6.45, 7) is 2.43. The molecular formula is C21H22N2O4S. The van der Waals surface area contributed by atoms with E-state index in [9.17, 15) is 14.4 Å². The topological polar surface area (TPSA) is 84.5 Å². The molecular weight excluding hydrogens is 376 g/mol. The van der Waals surface area contributed by atoms with Crippen molar-refractivity contribution in [2.24, 2.45) is 0 Å². The van der Waals surface area contributed by atoms with Gasteiger partial charge in [-0.2, -0.15) is 0 Å². The predicted octanol–water partition coefficient (Wildman–Crippen LogP) is 4.09. The molecule has 0 radical (unpaired) electrons. The number of rotatable bonds is 7. The molecule has 0 spiro atoms. The molecule has 7 heteroatoms. The molecule has 3 rings (SSSR count). The molecule has 1 heterocycles. The van der Waals surface area contributed by atoms with E-state index < -0.39 is 5.25 Å². The Morgan fingerprint density at radius 3 is 2.64 bits per heavy atom. The van der Waals surface area contributed by atoms with Gasteiger partial charge in [0.05, 0.1) is 23.1 Å². The first-order valence-electron chi connectivity index (χ1n) is 9.20. The molecule has 0 aliphatic carbocycles. The molecule has 0 bridgehead atoms. The van der Waals surface area contributed by atoms with Crippen LogP contribution >= 0.6 is 11.8 Å². The van der Waals surface area contributed by atoms with Crippen LogP contribution in [-0.4, -0.2) is 29.6 Å². The standard InChI is InChI=1S/C21H22N2O4S/c1-2-3-12-27-21(26)14-8-10-15(11-9-14)22-19(24)13-18-20(25)23-16-6-4-5-7-17(16)28-18/h4-11,18H,2-3,12-13H2,1H3,(H,22,24)(H,23,25)/t18-/m1/s1. The number of esters is 1. The lowest BCUT2D eigenvalue weighted by Crippen LogP contribution is -2.32. The van der Waals surface area contributed by atoms with Crippen LogP contribution in [-0.2, 0) is 14.3 Å². The van der Waals surface area contributed by atoms with Crippen LogP contribution in [0.2, 0.25) is 0 Å². The highest BCUT2D eigenvalue weighted by Crippen LogP contribution is 2.36. The fraction of sp³-hybridized carbons (Fsp3) is 0.286. The Labute approximate surface area is 168 Å². The summed E-state index contributed by atoms with van der Waals surface area (Å²) in [5, 5.41) is 5.11. The second kappa shape index (κ2) is 9.41. The highest BCUT2D eigenvalue weighted by molar-refractivity contribution is 8.01. The number of hydrogen-bond acceptors (Lipinski definition) is 5. The largest absolute Gasteiger partial charge is 0.462 e. The lowest BCUT2D eigenvalue weighted by Gasteiger charge is -2.23. The maximum absolute atomic E-state index is 12.3. The maximum Gasteiger partial charge on any atom is 0.338 e. The number of ether oxygens (including phenoxy) is 1. The first-order chi connectivity index (χ1) is 13.6. The van der Waals surface area contributed by atoms with Crippen molar-refractivity contribution in [2.45, 2.75) is 36.3 Å². The van der Waals surface area contributed by atoms with Crippen molar-refractivity contribution in [2.75, 3.05) is 17.2 Å². The highest BCUT2D eigenvalue weighted by atomic mass is 32.2. The number of unbranched alkanes of at least 4 members (excludes halogenated alkanes) is 1. The molecule has 28 heavy (non-hydrogen) atoms. The van der Waals surface area contributed by atoms with E-state index in [4.69, 9.17) is 4.74 Å². The average molecular weight is 398 g/mol. The van der Waals surface area contributed by atoms with Crippen molar-refractivity contribution < 1.29 is 19.1 Å². The van der Waals surface area contributed by atoms with Gasteiger partial charge in [-0.05, 0) is 42.8 Å². The van der Waals surface area contributed by atoms with Crippen molar-refractivity contribution in [1.29, 1.82) is 0 Å². The van der Waals surface area contributed by atoms with Gasteiger partial charge in [-0.1, -0.05) is 25.5 Å². The smallest absolute Gasteiger partial charge is 0.338 e. The van der Waals surface area contributed by atoms with Crippen LogP contribution in [0.1, 0.15) is 36.5 Å². The minimum atomic E-state index is -0.484. The molecule has 1 atom stereocenters. The van der Waals surface area contributed by atoms with Crippen molar-refractivity contribution in [3.05, 3.63) is 54.1 Å². The van der Waals surface area contributed by atoms with E-state index in [-0.39, 0.29) is 24.2 Å². The number of carbonyl (C=O) groups excluding carboxylic acids is 3. The van der Waals surface area contributed by atoms with Crippen LogP contribution in [0.15, 0.2) is 53.4 Å². The number of benzene rings is 2. The van der Waals surface area contributed by atoms with Gasteiger partial charge in [0.2, 0.25) is 11.8 Å². The normalized spacial score (nSPS) is 15.3. The van der Waals surface area contributed by atoms with Gasteiger partial charge in [0.1, 0.15) is 0 Å². The van der Waals surface area contributed by atoms with Crippen LogP contribution in [0.4, 0.5) is 11.4 Å². The van der Waals surface area contributed by atoms with Gasteiger partial charge in [-0.25, -0.2) is 4.79 Å². The molecule has 0 saturated carbocycles. The summed E-state index contributed by atoms with van der Waals surface area (Å²) in [5.41, 5.74) is 1.78. The zero-order valence-corrected chi connectivity index (χ0v) is 16.4. The van der Waals surface area contributed by atoms with Crippen LogP contribution < -0.4 is 10.6 Å². The molecule has 2 N–H and O–H groups in total. The Hall–Kier alpha value is -2.80. The van der Waals surface area contributed by atoms with Crippen LogP contribution in [0.25, 0.3) is 0 Å². The van der Waals surface area contributed by atoms with Crippen LogP contribution in [0.5, 0.6) is 0 Å². The molecule has 0 aromatic heterocycles. The monoisotopic (exact) mass is 398 g/mol. The number of para-hydroxylation sites is 1. The van der Waals surface area contributed by atoms with E-state index in [1.807, 2.05) is 31.2 Å². The molecule has 0 fully saturated rings. The number of anilines is 2. The fourth-order valence-electron chi connectivity index (χ4n) is 2.69. The Morgan fingerprint density at radius 1 is 1.14 bits per heavy atom. The van der Waals surface area contributed by atoms with E-state index in [1.54, 1.807) is 24.3 Å². The summed E-state index contributed by atoms with van der Waals surface area (Å²) in [4.78, 5) is 37.4. The zero-order valence-electron chi connectivity index (χ0n) is 15.6. The van der Waals surface area contributed by atoms with Crippen LogP contribution in [0, 0.1) is 0 Å². The molecule has 1 aliphatic heterocycles. The number of fused-ring (bicyclic) bond motifs is 1. The predicted molar refractivity (Wildman–Crippen MR) is 110 cm³/mol. The SMILES string of the molecule is CCCCOC(=O)c1ccc(NC(=O)C[C@H]2Sc3ccccc3NC2=O)cc1. The third-order valence-corrected chi connectivity index (χ3v) is 5.49. The molecule has 2 aromatic rings. The first-order valence-corrected chi connectivity index (χ1v) is 10.1. The van der Waals surface area contributed by atoms with E-state index >= 15 is 0 Å². The minimum absolute atomic E-state index is 0.0612. The summed E-state index contributed by atoms with van der Waals surface area (Å²) in [7, 11) is 0. The van der Waals surface area contributed by atoms with E-state index in [0.717, 1.165) is 23.4 Å². The third-order valence-electron chi connectivity index (χ3n) is 4.21. The van der Waals surface area contributed by atoms with Crippen LogP contribution in [0.3, 0.4) is 0 Å². The van der Waals surface area contributed by atoms with Gasteiger partial charge in [0.25, 0.3) is 0 Å². The first kappa shape index (κ1) is 19.9. The average Bonchev–Trinajstić information content (AvgIpc) is 2.69. The Bertz CT molecular complexity index is 867. The number of thioether (sulfide) groups is 1. The van der Waals surface area contributed by atoms with Gasteiger partial charge in [-0.3, -0.25) is 9.59 Å². The van der Waals surface area contributed by atoms with Gasteiger partial charge in [-0.15, -0.1) is 11.8 Å². The Balaban J connectivity index is 1.54. The molecule has 2 aromatic carbocycles. The van der Waals surface area contributed by atoms with Gasteiger partial charge in [0, 0.05) is 17.0 Å². The molecule has 146 valence electrons. The third kappa shape index (κ3) is 5.13. The lowest BCUT2D eigenvalue weighted by atomic mass is 10.2. The van der Waals surface area contributed by atoms with E-state index in [1.165, 1.54) is 11.8 Å². The lowest BCUT2D eigenvalue weighted by molar-refractivity contribution is -0.120. The Morgan fingerprint density at radius 2 is 1.89 bits per heavy atom. The summed E-state index contributed by atoms with van der Waals surface area (Å²) in [5.74, 6) is -0.811. The number of carbonyl (C=O) groups is 3. The van der Waals surface area contributed by atoms with Crippen molar-refractivity contribution in [1.82, 2.24) is 0 Å². The zero-order chi connectivity index (χ0) is 19.9. The summed E-state index contributed by atoms with van der Waals surface area (Å²) >= 11 is 1.39. The maximum atomic E-state index is 12.3. The molecule has 2 amide bonds. The molecule has 1 aliphatic rings. The van der Waals surface area contributed by atoms with Crippen molar-refractivity contribution in [3.63, 3.8) is 0 Å². The summed E-state index contributed by atoms with van der Waals surface area (Å²) in [6.07, 6.45) is 1.85. The van der Waals surface area contributed by atoms with E-state index in [2.05, 4.69) is 10.6 Å². The second-order valence-electron chi connectivity index (χ2n) is 6.41. The van der Waals surface area contributed by atoms with Gasteiger partial charge < -0.3 is 15.4 Å². The quantitative estimate of drug-likeness (QED) is 0.542. The molecule has 0 unspecified atom stereocenters. The van der Waals surface area contributed by atoms with Gasteiger partial charge in [0.15, 0.2) is 0 Å². The van der Waals surface area contributed by atoms with Gasteiger partial charge >= 0.3 is 5.97 Å². The van der Waals surface area contributed by atoms with Crippen molar-refractivity contribution >= 4 is 40.9 Å². The summed E-state index contributed by atoms with van der Waals surface area (Å²) < 4.78 is 5.16. The second-order valence-corrected chi connectivity index (χ2v) is 7.66. The molecule has 0 saturated heterocycles. The summed E-state index contributed by atoms with van der Waals surface area (Å²) in [6, 6.07) is 14.0. The number of hydrogen-bond donors (Lipinski definition) is 2. The number of amides is 2. The highest BCUT2D eigenvalue weighted by Gasteiger charge is 2.28. The Kier molecular flexibility index (Phi) is 6.71. The fourth-order valence-corrected chi connectivity index (χ4v) is 3.80. The minimum Gasteiger partial charge on any atom is -0.462 e.